The van der Waals surface area contributed by atoms with Gasteiger partial charge in [-0.3, -0.25) is 0 Å². The highest BCUT2D eigenvalue weighted by atomic mass is 16.3. The first-order chi connectivity index (χ1) is 15.4. The molecule has 4 aromatic carbocycles. The van der Waals surface area contributed by atoms with Crippen LogP contribution in [0.4, 0.5) is 0 Å². The Labute approximate surface area is 186 Å². The Kier molecular flexibility index (Phi) is 4.98. The zero-order valence-electron chi connectivity index (χ0n) is 17.5. The molecular weight excluding hydrogens is 400 g/mol. The van der Waals surface area contributed by atoms with Gasteiger partial charge in [-0.25, -0.2) is 0 Å². The average molecular weight is 424 g/mol. The summed E-state index contributed by atoms with van der Waals surface area (Å²) in [5.41, 5.74) is 6.90. The largest absolute Gasteiger partial charge is 0.508 e. The fourth-order valence-electron chi connectivity index (χ4n) is 4.40. The zero-order valence-corrected chi connectivity index (χ0v) is 17.5. The Morgan fingerprint density at radius 2 is 0.688 bits per heavy atom. The van der Waals surface area contributed by atoms with Gasteiger partial charge in [0.15, 0.2) is 0 Å². The molecule has 0 spiro atoms. The molecule has 4 nitrogen and oxygen atoms in total. The van der Waals surface area contributed by atoms with E-state index in [1.54, 1.807) is 24.3 Å². The number of hydrogen-bond donors (Lipinski definition) is 4. The van der Waals surface area contributed by atoms with Crippen molar-refractivity contribution in [3.63, 3.8) is 0 Å². The molecule has 4 aliphatic carbocycles. The van der Waals surface area contributed by atoms with Crippen molar-refractivity contribution in [3.8, 4) is 23.0 Å². The van der Waals surface area contributed by atoms with Crippen molar-refractivity contribution in [2.75, 3.05) is 0 Å². The highest BCUT2D eigenvalue weighted by molar-refractivity contribution is 5.49. The van der Waals surface area contributed by atoms with Crippen LogP contribution >= 0.6 is 0 Å². The smallest absolute Gasteiger partial charge is 0.119 e. The standard InChI is InChI=1S/C28H24O4/c29-25-7-4-18-10-22-6-2-20(16-28(22)32)14-24-12-17(3-8-26(24)30)9-21-5-1-19(15-27(21)31)13-23(25)11-18/h1-8,11-12,15-16,29-32H,9-10,13-14H2. The van der Waals surface area contributed by atoms with Gasteiger partial charge in [-0.05, 0) is 68.8 Å². The molecule has 0 amide bonds. The predicted molar refractivity (Wildman–Crippen MR) is 124 cm³/mol. The topological polar surface area (TPSA) is 80.9 Å². The van der Waals surface area contributed by atoms with Gasteiger partial charge in [0.05, 0.1) is 0 Å². The number of phenols is 4. The summed E-state index contributed by atoms with van der Waals surface area (Å²) >= 11 is 0. The van der Waals surface area contributed by atoms with E-state index >= 15 is 0 Å². The van der Waals surface area contributed by atoms with E-state index < -0.39 is 0 Å². The molecule has 0 saturated heterocycles. The SMILES string of the molecule is Oc1cc2ccc1Cc1ccc(O)c(c1)Cc1ccc(c(O)c1)Cc1ccc(O)c(c1)C2. The number of hydrogen-bond acceptors (Lipinski definition) is 4. The minimum atomic E-state index is 0.211. The Morgan fingerprint density at radius 1 is 0.344 bits per heavy atom. The molecule has 0 saturated carbocycles. The van der Waals surface area contributed by atoms with Crippen molar-refractivity contribution in [1.29, 1.82) is 0 Å². The van der Waals surface area contributed by atoms with Crippen molar-refractivity contribution in [2.45, 2.75) is 25.7 Å². The fourth-order valence-corrected chi connectivity index (χ4v) is 4.40. The van der Waals surface area contributed by atoms with Crippen LogP contribution in [0.1, 0.15) is 44.5 Å². The van der Waals surface area contributed by atoms with Gasteiger partial charge in [-0.2, -0.15) is 0 Å². The lowest BCUT2D eigenvalue weighted by atomic mass is 9.93. The van der Waals surface area contributed by atoms with Crippen LogP contribution in [0.15, 0.2) is 72.8 Å². The molecule has 0 atom stereocenters. The molecule has 4 aliphatic rings. The Bertz CT molecular complexity index is 1220. The highest BCUT2D eigenvalue weighted by Gasteiger charge is 2.13. The maximum Gasteiger partial charge on any atom is 0.119 e. The third-order valence-electron chi connectivity index (χ3n) is 6.17. The second kappa shape index (κ2) is 7.97. The normalized spacial score (nSPS) is 13.0. The Morgan fingerprint density at radius 3 is 1.09 bits per heavy atom. The van der Waals surface area contributed by atoms with Crippen LogP contribution in [0.2, 0.25) is 0 Å². The number of benzene rings is 4. The van der Waals surface area contributed by atoms with Crippen LogP contribution in [-0.4, -0.2) is 20.4 Å². The fraction of sp³-hybridized carbons (Fsp3) is 0.143. The van der Waals surface area contributed by atoms with Gasteiger partial charge in [-0.15, -0.1) is 0 Å². The molecule has 0 heterocycles. The summed E-state index contributed by atoms with van der Waals surface area (Å²) in [7, 11) is 0. The van der Waals surface area contributed by atoms with E-state index in [1.807, 2.05) is 48.5 Å². The van der Waals surface area contributed by atoms with E-state index in [4.69, 9.17) is 0 Å². The molecular formula is C28H24O4. The van der Waals surface area contributed by atoms with Crippen LogP contribution in [0, 0.1) is 0 Å². The number of phenolic OH excluding ortho intramolecular Hbond substituents is 4. The number of aromatic hydroxyl groups is 4. The highest BCUT2D eigenvalue weighted by Crippen LogP contribution is 2.31. The summed E-state index contributed by atoms with van der Waals surface area (Å²) in [6, 6.07) is 22.2. The first-order valence-electron chi connectivity index (χ1n) is 10.7. The van der Waals surface area contributed by atoms with Gasteiger partial charge in [0.1, 0.15) is 23.0 Å². The van der Waals surface area contributed by atoms with Crippen LogP contribution in [0.3, 0.4) is 0 Å². The average Bonchev–Trinajstić information content (AvgIpc) is 2.76. The van der Waals surface area contributed by atoms with Gasteiger partial charge < -0.3 is 20.4 Å². The van der Waals surface area contributed by atoms with Crippen molar-refractivity contribution in [3.05, 3.63) is 117 Å². The third kappa shape index (κ3) is 4.00. The lowest BCUT2D eigenvalue weighted by Crippen LogP contribution is -1.98. The molecule has 4 N–H and O–H groups in total. The van der Waals surface area contributed by atoms with E-state index in [0.717, 1.165) is 44.5 Å². The molecule has 160 valence electrons. The minimum Gasteiger partial charge on any atom is -0.508 e. The number of rotatable bonds is 0. The van der Waals surface area contributed by atoms with Gasteiger partial charge in [0.25, 0.3) is 0 Å². The summed E-state index contributed by atoms with van der Waals surface area (Å²) in [6.45, 7) is 0. The summed E-state index contributed by atoms with van der Waals surface area (Å²) < 4.78 is 0. The van der Waals surface area contributed by atoms with Crippen molar-refractivity contribution < 1.29 is 20.4 Å². The molecule has 4 aromatic rings. The Balaban J connectivity index is 1.63. The van der Waals surface area contributed by atoms with Crippen LogP contribution in [0.25, 0.3) is 0 Å². The quantitative estimate of drug-likeness (QED) is 0.276. The Hall–Kier alpha value is -3.92. The zero-order chi connectivity index (χ0) is 22.2. The third-order valence-corrected chi connectivity index (χ3v) is 6.17. The lowest BCUT2D eigenvalue weighted by molar-refractivity contribution is 0.464. The molecule has 8 rings (SSSR count). The molecule has 0 unspecified atom stereocenters. The van der Waals surface area contributed by atoms with E-state index in [-0.39, 0.29) is 23.0 Å². The summed E-state index contributed by atoms with van der Waals surface area (Å²) in [4.78, 5) is 0. The molecule has 8 bridgehead atoms. The first-order valence-corrected chi connectivity index (χ1v) is 10.7. The van der Waals surface area contributed by atoms with Crippen LogP contribution in [0.5, 0.6) is 23.0 Å². The van der Waals surface area contributed by atoms with E-state index in [2.05, 4.69) is 0 Å². The van der Waals surface area contributed by atoms with Crippen molar-refractivity contribution >= 4 is 0 Å². The predicted octanol–water partition coefficient (Wildman–Crippen LogP) is 5.19. The summed E-state index contributed by atoms with van der Waals surface area (Å²) in [6.07, 6.45) is 2.04. The second-order valence-electron chi connectivity index (χ2n) is 8.56. The van der Waals surface area contributed by atoms with Crippen molar-refractivity contribution in [2.24, 2.45) is 0 Å². The molecule has 0 aliphatic heterocycles. The van der Waals surface area contributed by atoms with Gasteiger partial charge >= 0.3 is 0 Å². The van der Waals surface area contributed by atoms with Gasteiger partial charge in [0, 0.05) is 25.7 Å². The molecule has 4 heteroatoms. The summed E-state index contributed by atoms with van der Waals surface area (Å²) in [5, 5.41) is 42.0. The lowest BCUT2D eigenvalue weighted by Gasteiger charge is -2.14. The monoisotopic (exact) mass is 424 g/mol. The van der Waals surface area contributed by atoms with Gasteiger partial charge in [0.2, 0.25) is 0 Å². The van der Waals surface area contributed by atoms with E-state index in [1.165, 1.54) is 0 Å². The molecule has 0 fully saturated rings. The molecule has 0 radical (unpaired) electrons. The van der Waals surface area contributed by atoms with Crippen LogP contribution < -0.4 is 0 Å². The molecule has 0 aromatic heterocycles. The van der Waals surface area contributed by atoms with Crippen molar-refractivity contribution in [1.82, 2.24) is 0 Å². The van der Waals surface area contributed by atoms with E-state index in [9.17, 15) is 20.4 Å². The van der Waals surface area contributed by atoms with E-state index in [0.29, 0.717) is 25.7 Å². The van der Waals surface area contributed by atoms with Crippen LogP contribution in [-0.2, 0) is 25.7 Å². The second-order valence-corrected chi connectivity index (χ2v) is 8.56. The minimum absolute atomic E-state index is 0.211. The summed E-state index contributed by atoms with van der Waals surface area (Å²) in [5.74, 6) is 0.855. The maximum absolute atomic E-state index is 10.6. The maximum atomic E-state index is 10.6. The molecule has 32 heavy (non-hydrogen) atoms. The first kappa shape index (κ1) is 20.0. The van der Waals surface area contributed by atoms with Gasteiger partial charge in [-0.1, -0.05) is 48.5 Å².